The van der Waals surface area contributed by atoms with Gasteiger partial charge in [-0.3, -0.25) is 9.69 Å². The van der Waals surface area contributed by atoms with E-state index in [1.54, 1.807) is 0 Å². The number of hydrogen-bond donors (Lipinski definition) is 1. The minimum atomic E-state index is 0.0620. The van der Waals surface area contributed by atoms with Gasteiger partial charge in [-0.1, -0.05) is 36.4 Å². The summed E-state index contributed by atoms with van der Waals surface area (Å²) >= 11 is 3.52. The van der Waals surface area contributed by atoms with Crippen molar-refractivity contribution in [2.24, 2.45) is 5.92 Å². The van der Waals surface area contributed by atoms with Gasteiger partial charge < -0.3 is 5.32 Å². The smallest absolute Gasteiger partial charge is 0.228 e. The highest BCUT2D eigenvalue weighted by molar-refractivity contribution is 9.10. The maximum atomic E-state index is 12.5. The summed E-state index contributed by atoms with van der Waals surface area (Å²) in [6.07, 6.45) is 0.919. The van der Waals surface area contributed by atoms with E-state index in [1.807, 2.05) is 31.2 Å². The molecule has 0 aromatic heterocycles. The van der Waals surface area contributed by atoms with Crippen LogP contribution in [0.4, 0.5) is 5.69 Å². The Morgan fingerprint density at radius 1 is 1.26 bits per heavy atom. The number of carbonyl (C=O) groups excluding carboxylic acids is 1. The van der Waals surface area contributed by atoms with Crippen LogP contribution in [0.1, 0.15) is 17.5 Å². The van der Waals surface area contributed by atoms with E-state index < -0.39 is 0 Å². The summed E-state index contributed by atoms with van der Waals surface area (Å²) in [6, 6.07) is 16.4. The van der Waals surface area contributed by atoms with Crippen LogP contribution >= 0.6 is 15.9 Å². The Balaban J connectivity index is 1.57. The van der Waals surface area contributed by atoms with Gasteiger partial charge in [-0.05, 0) is 59.1 Å². The summed E-state index contributed by atoms with van der Waals surface area (Å²) in [5, 5.41) is 3.05. The van der Waals surface area contributed by atoms with Gasteiger partial charge in [-0.2, -0.15) is 0 Å². The molecule has 2 aromatic rings. The number of halogens is 1. The Hall–Kier alpha value is -1.65. The highest BCUT2D eigenvalue weighted by Crippen LogP contribution is 2.26. The second-order valence-electron chi connectivity index (χ2n) is 6.18. The molecule has 1 saturated heterocycles. The second kappa shape index (κ2) is 7.28. The Labute approximate surface area is 145 Å². The number of benzene rings is 2. The number of aryl methyl sites for hydroxylation is 1. The number of anilines is 1. The van der Waals surface area contributed by atoms with Crippen molar-refractivity contribution in [1.29, 1.82) is 0 Å². The number of likely N-dealkylation sites (tertiary alicyclic amines) is 1. The van der Waals surface area contributed by atoms with Crippen molar-refractivity contribution in [1.82, 2.24) is 4.90 Å². The van der Waals surface area contributed by atoms with Crippen LogP contribution in [0.25, 0.3) is 0 Å². The van der Waals surface area contributed by atoms with Gasteiger partial charge in [-0.25, -0.2) is 0 Å². The molecule has 0 radical (unpaired) electrons. The average Bonchev–Trinajstić information content (AvgIpc) is 3.00. The lowest BCUT2D eigenvalue weighted by atomic mass is 10.1. The van der Waals surface area contributed by atoms with Crippen LogP contribution in [0, 0.1) is 12.8 Å². The summed E-state index contributed by atoms with van der Waals surface area (Å²) in [4.78, 5) is 14.8. The maximum absolute atomic E-state index is 12.5. The van der Waals surface area contributed by atoms with Crippen LogP contribution in [-0.2, 0) is 11.3 Å². The van der Waals surface area contributed by atoms with E-state index >= 15 is 0 Å². The number of carbonyl (C=O) groups is 1. The highest BCUT2D eigenvalue weighted by atomic mass is 79.9. The summed E-state index contributed by atoms with van der Waals surface area (Å²) in [5.41, 5.74) is 3.32. The lowest BCUT2D eigenvalue weighted by molar-refractivity contribution is -0.119. The third-order valence-corrected chi connectivity index (χ3v) is 4.93. The van der Waals surface area contributed by atoms with Crippen LogP contribution in [-0.4, -0.2) is 23.9 Å². The van der Waals surface area contributed by atoms with Crippen molar-refractivity contribution >= 4 is 27.5 Å². The van der Waals surface area contributed by atoms with E-state index in [-0.39, 0.29) is 11.8 Å². The third-order valence-electron chi connectivity index (χ3n) is 4.27. The molecule has 1 atom stereocenters. The fraction of sp³-hybridized carbons (Fsp3) is 0.316. The molecule has 3 nitrogen and oxygen atoms in total. The topological polar surface area (TPSA) is 32.3 Å². The lowest BCUT2D eigenvalue weighted by Crippen LogP contribution is -2.27. The minimum absolute atomic E-state index is 0.0620. The van der Waals surface area contributed by atoms with E-state index in [0.29, 0.717) is 0 Å². The number of rotatable bonds is 4. The first-order valence-electron chi connectivity index (χ1n) is 7.95. The molecule has 1 amide bonds. The van der Waals surface area contributed by atoms with Crippen molar-refractivity contribution in [2.45, 2.75) is 19.9 Å². The lowest BCUT2D eigenvalue weighted by Gasteiger charge is -2.16. The zero-order valence-corrected chi connectivity index (χ0v) is 14.8. The fourth-order valence-corrected chi connectivity index (χ4v) is 3.58. The highest BCUT2D eigenvalue weighted by Gasteiger charge is 2.28. The van der Waals surface area contributed by atoms with Crippen molar-refractivity contribution in [3.05, 3.63) is 64.1 Å². The molecule has 23 heavy (non-hydrogen) atoms. The Morgan fingerprint density at radius 2 is 2.04 bits per heavy atom. The van der Waals surface area contributed by atoms with Gasteiger partial charge in [0.15, 0.2) is 0 Å². The van der Waals surface area contributed by atoms with Crippen LogP contribution < -0.4 is 5.32 Å². The van der Waals surface area contributed by atoms with Crippen molar-refractivity contribution in [3.8, 4) is 0 Å². The Kier molecular flexibility index (Phi) is 5.13. The second-order valence-corrected chi connectivity index (χ2v) is 7.03. The van der Waals surface area contributed by atoms with Gasteiger partial charge in [0.25, 0.3) is 0 Å². The molecule has 0 spiro atoms. The molecule has 1 unspecified atom stereocenters. The fourth-order valence-electron chi connectivity index (χ4n) is 2.99. The number of amides is 1. The van der Waals surface area contributed by atoms with Crippen LogP contribution in [0.3, 0.4) is 0 Å². The summed E-state index contributed by atoms with van der Waals surface area (Å²) in [7, 11) is 0. The van der Waals surface area contributed by atoms with Gasteiger partial charge in [0.2, 0.25) is 5.91 Å². The van der Waals surface area contributed by atoms with Gasteiger partial charge in [-0.15, -0.1) is 0 Å². The molecule has 1 fully saturated rings. The molecular formula is C19H21BrN2O. The summed E-state index contributed by atoms with van der Waals surface area (Å²) < 4.78 is 0.935. The molecule has 0 aliphatic carbocycles. The van der Waals surface area contributed by atoms with E-state index in [1.165, 1.54) is 11.1 Å². The van der Waals surface area contributed by atoms with Gasteiger partial charge in [0.05, 0.1) is 11.6 Å². The van der Waals surface area contributed by atoms with Crippen LogP contribution in [0.2, 0.25) is 0 Å². The standard InChI is InChI=1S/C19H21BrN2O/c1-14-7-8-18(17(20)11-14)21-19(23)16-9-10-22(13-16)12-15-5-3-2-4-6-15/h2-8,11,16H,9-10,12-13H2,1H3,(H,21,23). The van der Waals surface area contributed by atoms with E-state index in [4.69, 9.17) is 0 Å². The molecule has 120 valence electrons. The van der Waals surface area contributed by atoms with E-state index in [2.05, 4.69) is 50.4 Å². The molecule has 1 N–H and O–H groups in total. The number of hydrogen-bond acceptors (Lipinski definition) is 2. The van der Waals surface area contributed by atoms with Gasteiger partial charge >= 0.3 is 0 Å². The predicted octanol–water partition coefficient (Wildman–Crippen LogP) is 4.22. The van der Waals surface area contributed by atoms with Crippen molar-refractivity contribution in [3.63, 3.8) is 0 Å². The molecule has 0 bridgehead atoms. The molecule has 0 saturated carbocycles. The van der Waals surface area contributed by atoms with Gasteiger partial charge in [0.1, 0.15) is 0 Å². The predicted molar refractivity (Wildman–Crippen MR) is 97.3 cm³/mol. The molecular weight excluding hydrogens is 352 g/mol. The first-order valence-corrected chi connectivity index (χ1v) is 8.74. The Bertz CT molecular complexity index is 687. The summed E-state index contributed by atoms with van der Waals surface area (Å²) in [5.74, 6) is 0.178. The number of nitrogens with zero attached hydrogens (tertiary/aromatic N) is 1. The van der Waals surface area contributed by atoms with E-state index in [0.717, 1.165) is 36.2 Å². The largest absolute Gasteiger partial charge is 0.325 e. The monoisotopic (exact) mass is 372 g/mol. The first kappa shape index (κ1) is 16.2. The zero-order valence-electron chi connectivity index (χ0n) is 13.3. The van der Waals surface area contributed by atoms with E-state index in [9.17, 15) is 4.79 Å². The maximum Gasteiger partial charge on any atom is 0.228 e. The quantitative estimate of drug-likeness (QED) is 0.871. The molecule has 1 heterocycles. The average molecular weight is 373 g/mol. The van der Waals surface area contributed by atoms with Crippen LogP contribution in [0.5, 0.6) is 0 Å². The van der Waals surface area contributed by atoms with Crippen LogP contribution in [0.15, 0.2) is 53.0 Å². The number of nitrogens with one attached hydrogen (secondary N) is 1. The van der Waals surface area contributed by atoms with Crippen molar-refractivity contribution in [2.75, 3.05) is 18.4 Å². The van der Waals surface area contributed by atoms with Gasteiger partial charge in [0, 0.05) is 17.6 Å². The molecule has 2 aromatic carbocycles. The Morgan fingerprint density at radius 3 is 2.78 bits per heavy atom. The first-order chi connectivity index (χ1) is 11.1. The normalized spacial score (nSPS) is 18.1. The third kappa shape index (κ3) is 4.21. The van der Waals surface area contributed by atoms with Crippen molar-refractivity contribution < 1.29 is 4.79 Å². The molecule has 4 heteroatoms. The molecule has 1 aliphatic heterocycles. The molecule has 3 rings (SSSR count). The minimum Gasteiger partial charge on any atom is -0.325 e. The molecule has 1 aliphatic rings. The zero-order chi connectivity index (χ0) is 16.2. The SMILES string of the molecule is Cc1ccc(NC(=O)C2CCN(Cc3ccccc3)C2)c(Br)c1. The summed E-state index contributed by atoms with van der Waals surface area (Å²) in [6.45, 7) is 4.75.